The normalized spacial score (nSPS) is 29.1. The van der Waals surface area contributed by atoms with Gasteiger partial charge in [0.15, 0.2) is 0 Å². The van der Waals surface area contributed by atoms with Gasteiger partial charge in [-0.15, -0.1) is 11.6 Å². The highest BCUT2D eigenvalue weighted by Gasteiger charge is 2.38. The van der Waals surface area contributed by atoms with E-state index in [4.69, 9.17) is 11.6 Å². The molecule has 0 bridgehead atoms. The van der Waals surface area contributed by atoms with Crippen LogP contribution in [0.4, 0.5) is 0 Å². The Morgan fingerprint density at radius 2 is 2.17 bits per heavy atom. The van der Waals surface area contributed by atoms with Crippen molar-refractivity contribution in [2.45, 2.75) is 29.9 Å². The monoisotopic (exact) mass is 291 g/mol. The highest BCUT2D eigenvalue weighted by atomic mass is 35.5. The molecule has 1 aromatic heterocycles. The fourth-order valence-corrected chi connectivity index (χ4v) is 3.91. The second-order valence-electron chi connectivity index (χ2n) is 4.57. The van der Waals surface area contributed by atoms with Gasteiger partial charge in [0.05, 0.1) is 11.2 Å². The molecule has 0 N–H and O–H groups in total. The summed E-state index contributed by atoms with van der Waals surface area (Å²) in [6.07, 6.45) is 5.06. The third-order valence-corrected chi connectivity index (χ3v) is 5.41. The summed E-state index contributed by atoms with van der Waals surface area (Å²) in [7, 11) is -3.09. The first kappa shape index (κ1) is 13.5. The Hall–Kier alpha value is -0.950. The molecule has 1 aromatic rings. The quantitative estimate of drug-likeness (QED) is 0.751. The molecule has 100 valence electrons. The Bertz CT molecular complexity index is 529. The molecule has 3 unspecified atom stereocenters. The first-order chi connectivity index (χ1) is 8.39. The number of nitrogens with zero attached hydrogens (tertiary/aromatic N) is 3. The lowest BCUT2D eigenvalue weighted by Gasteiger charge is -2.30. The average molecular weight is 292 g/mol. The molecular weight excluding hydrogens is 278 g/mol. The van der Waals surface area contributed by atoms with Crippen molar-refractivity contribution in [2.24, 2.45) is 5.92 Å². The Morgan fingerprint density at radius 1 is 1.44 bits per heavy atom. The lowest BCUT2D eigenvalue weighted by atomic mass is 9.88. The maximum Gasteiger partial charge on any atom is 0.252 e. The molecule has 1 saturated carbocycles. The van der Waals surface area contributed by atoms with E-state index in [1.54, 1.807) is 0 Å². The van der Waals surface area contributed by atoms with Crippen LogP contribution in [0.5, 0.6) is 0 Å². The molecule has 1 heterocycles. The van der Waals surface area contributed by atoms with Gasteiger partial charge >= 0.3 is 0 Å². The number of carbonyl (C=O) groups excluding carboxylic acids is 1. The zero-order chi connectivity index (χ0) is 13.3. The van der Waals surface area contributed by atoms with Crippen LogP contribution in [0.25, 0.3) is 0 Å². The standard InChI is InChI=1S/C10H14ClN3O3S/c1-18(16,17)7-2-3-8(9(11)4-7)10(15)14-6-12-5-13-14/h5-9H,2-4H2,1H3. The van der Waals surface area contributed by atoms with Crippen LogP contribution in [0, 0.1) is 5.92 Å². The minimum atomic E-state index is -3.09. The summed E-state index contributed by atoms with van der Waals surface area (Å²) in [6.45, 7) is 0. The third kappa shape index (κ3) is 2.72. The average Bonchev–Trinajstić information content (AvgIpc) is 2.80. The summed E-state index contributed by atoms with van der Waals surface area (Å²) in [5, 5.41) is 2.85. The van der Waals surface area contributed by atoms with Gasteiger partial charge in [0.25, 0.3) is 5.91 Å². The molecule has 6 nitrogen and oxygen atoms in total. The van der Waals surface area contributed by atoms with Gasteiger partial charge in [0.1, 0.15) is 22.5 Å². The molecule has 0 radical (unpaired) electrons. The molecule has 0 spiro atoms. The van der Waals surface area contributed by atoms with Crippen molar-refractivity contribution in [2.75, 3.05) is 6.26 Å². The lowest BCUT2D eigenvalue weighted by Crippen LogP contribution is -2.39. The molecule has 3 atom stereocenters. The molecule has 18 heavy (non-hydrogen) atoms. The molecule has 0 saturated heterocycles. The van der Waals surface area contributed by atoms with Crippen LogP contribution in [-0.2, 0) is 9.84 Å². The van der Waals surface area contributed by atoms with E-state index in [0.717, 1.165) is 4.68 Å². The highest BCUT2D eigenvalue weighted by molar-refractivity contribution is 7.91. The molecule has 0 amide bonds. The van der Waals surface area contributed by atoms with Crippen molar-refractivity contribution in [1.29, 1.82) is 0 Å². The molecule has 1 aliphatic rings. The van der Waals surface area contributed by atoms with Crippen molar-refractivity contribution in [3.05, 3.63) is 12.7 Å². The van der Waals surface area contributed by atoms with Gasteiger partial charge in [0, 0.05) is 11.6 Å². The number of rotatable bonds is 2. The summed E-state index contributed by atoms with van der Waals surface area (Å²) in [5.41, 5.74) is 0. The molecular formula is C10H14ClN3O3S. The molecule has 2 rings (SSSR count). The number of alkyl halides is 1. The van der Waals surface area contributed by atoms with Gasteiger partial charge in [-0.3, -0.25) is 4.79 Å². The minimum absolute atomic E-state index is 0.223. The summed E-state index contributed by atoms with van der Waals surface area (Å²) in [5.74, 6) is -0.620. The summed E-state index contributed by atoms with van der Waals surface area (Å²) in [6, 6.07) is 0. The van der Waals surface area contributed by atoms with Crippen molar-refractivity contribution in [1.82, 2.24) is 14.8 Å². The van der Waals surface area contributed by atoms with E-state index in [-0.39, 0.29) is 5.91 Å². The topological polar surface area (TPSA) is 81.9 Å². The highest BCUT2D eigenvalue weighted by Crippen LogP contribution is 2.33. The van der Waals surface area contributed by atoms with Gasteiger partial charge in [-0.25, -0.2) is 13.4 Å². The fraction of sp³-hybridized carbons (Fsp3) is 0.700. The fourth-order valence-electron chi connectivity index (χ4n) is 2.24. The van der Waals surface area contributed by atoms with Crippen molar-refractivity contribution in [3.8, 4) is 0 Å². The van der Waals surface area contributed by atoms with Crippen molar-refractivity contribution in [3.63, 3.8) is 0 Å². The summed E-state index contributed by atoms with van der Waals surface area (Å²) >= 11 is 6.15. The van der Waals surface area contributed by atoms with Crippen molar-refractivity contribution < 1.29 is 13.2 Å². The van der Waals surface area contributed by atoms with Crippen LogP contribution in [0.2, 0.25) is 0 Å². The lowest BCUT2D eigenvalue weighted by molar-refractivity contribution is 0.0788. The molecule has 0 aromatic carbocycles. The van der Waals surface area contributed by atoms with Crippen LogP contribution >= 0.6 is 11.6 Å². The van der Waals surface area contributed by atoms with Gasteiger partial charge in [0.2, 0.25) is 0 Å². The summed E-state index contributed by atoms with van der Waals surface area (Å²) in [4.78, 5) is 15.8. The van der Waals surface area contributed by atoms with Crippen LogP contribution in [0.1, 0.15) is 24.1 Å². The first-order valence-electron chi connectivity index (χ1n) is 5.61. The van der Waals surface area contributed by atoms with Gasteiger partial charge in [-0.2, -0.15) is 9.78 Å². The van der Waals surface area contributed by atoms with E-state index >= 15 is 0 Å². The minimum Gasteiger partial charge on any atom is -0.272 e. The number of hydrogen-bond donors (Lipinski definition) is 0. The van der Waals surface area contributed by atoms with Crippen LogP contribution in [0.15, 0.2) is 12.7 Å². The van der Waals surface area contributed by atoms with E-state index in [1.807, 2.05) is 0 Å². The van der Waals surface area contributed by atoms with E-state index in [0.29, 0.717) is 19.3 Å². The molecule has 1 aliphatic carbocycles. The molecule has 1 fully saturated rings. The van der Waals surface area contributed by atoms with E-state index in [1.165, 1.54) is 18.9 Å². The number of aromatic nitrogens is 3. The summed E-state index contributed by atoms with van der Waals surface area (Å²) < 4.78 is 24.1. The van der Waals surface area contributed by atoms with Crippen LogP contribution < -0.4 is 0 Å². The largest absolute Gasteiger partial charge is 0.272 e. The first-order valence-corrected chi connectivity index (χ1v) is 8.00. The maximum absolute atomic E-state index is 12.1. The zero-order valence-electron chi connectivity index (χ0n) is 9.86. The smallest absolute Gasteiger partial charge is 0.252 e. The Morgan fingerprint density at radius 3 is 2.67 bits per heavy atom. The number of sulfone groups is 1. The third-order valence-electron chi connectivity index (χ3n) is 3.29. The van der Waals surface area contributed by atoms with Crippen LogP contribution in [-0.4, -0.2) is 46.0 Å². The Kier molecular flexibility index (Phi) is 3.72. The van der Waals surface area contributed by atoms with E-state index in [9.17, 15) is 13.2 Å². The van der Waals surface area contributed by atoms with Crippen molar-refractivity contribution >= 4 is 27.3 Å². The number of carbonyl (C=O) groups is 1. The predicted molar refractivity (Wildman–Crippen MR) is 66.3 cm³/mol. The van der Waals surface area contributed by atoms with E-state index < -0.39 is 26.4 Å². The second kappa shape index (κ2) is 4.97. The second-order valence-corrected chi connectivity index (χ2v) is 7.45. The molecule has 0 aliphatic heterocycles. The zero-order valence-corrected chi connectivity index (χ0v) is 11.4. The maximum atomic E-state index is 12.1. The van der Waals surface area contributed by atoms with E-state index in [2.05, 4.69) is 10.1 Å². The SMILES string of the molecule is CS(=O)(=O)C1CCC(C(=O)n2cncn2)C(Cl)C1. The molecule has 8 heteroatoms. The van der Waals surface area contributed by atoms with Gasteiger partial charge < -0.3 is 0 Å². The van der Waals surface area contributed by atoms with Gasteiger partial charge in [-0.05, 0) is 19.3 Å². The predicted octanol–water partition coefficient (Wildman–Crippen LogP) is 0.739. The Balaban J connectivity index is 2.09. The Labute approximate surface area is 110 Å². The van der Waals surface area contributed by atoms with Gasteiger partial charge in [-0.1, -0.05) is 0 Å². The number of hydrogen-bond acceptors (Lipinski definition) is 5. The number of halogens is 1. The van der Waals surface area contributed by atoms with Crippen LogP contribution in [0.3, 0.4) is 0 Å².